The molecule has 0 bridgehead atoms. The van der Waals surface area contributed by atoms with Gasteiger partial charge in [0.1, 0.15) is 0 Å². The van der Waals surface area contributed by atoms with Crippen molar-refractivity contribution in [2.75, 3.05) is 13.1 Å². The van der Waals surface area contributed by atoms with Crippen molar-refractivity contribution < 1.29 is 9.90 Å². The van der Waals surface area contributed by atoms with E-state index in [2.05, 4.69) is 5.32 Å². The van der Waals surface area contributed by atoms with E-state index in [-0.39, 0.29) is 11.8 Å². The van der Waals surface area contributed by atoms with Gasteiger partial charge in [0.05, 0.1) is 6.10 Å². The van der Waals surface area contributed by atoms with E-state index < -0.39 is 6.10 Å². The Kier molecular flexibility index (Phi) is 6.54. The molecule has 4 nitrogen and oxygen atoms in total. The smallest absolute Gasteiger partial charge is 0.220 e. The fraction of sp³-hybridized carbons (Fsp3) is 0.889. The van der Waals surface area contributed by atoms with Crippen molar-refractivity contribution in [3.05, 3.63) is 0 Å². The summed E-state index contributed by atoms with van der Waals surface area (Å²) in [4.78, 5) is 11.2. The van der Waals surface area contributed by atoms with Crippen LogP contribution in [0.15, 0.2) is 0 Å². The van der Waals surface area contributed by atoms with Crippen LogP contribution in [0.4, 0.5) is 0 Å². The monoisotopic (exact) mass is 188 g/mol. The quantitative estimate of drug-likeness (QED) is 0.543. The minimum Gasteiger partial charge on any atom is -0.392 e. The van der Waals surface area contributed by atoms with Crippen LogP contribution in [0.3, 0.4) is 0 Å². The zero-order chi connectivity index (χ0) is 10.3. The molecule has 2 atom stereocenters. The third-order valence-corrected chi connectivity index (χ3v) is 1.98. The normalized spacial score (nSPS) is 15.1. The van der Waals surface area contributed by atoms with Gasteiger partial charge in [-0.3, -0.25) is 4.79 Å². The fourth-order valence-corrected chi connectivity index (χ4v) is 0.990. The molecule has 0 aromatic carbocycles. The topological polar surface area (TPSA) is 75.4 Å². The van der Waals surface area contributed by atoms with E-state index in [9.17, 15) is 4.79 Å². The summed E-state index contributed by atoms with van der Waals surface area (Å²) in [6.07, 6.45) is 0.889. The van der Waals surface area contributed by atoms with E-state index in [1.54, 1.807) is 6.92 Å². The Morgan fingerprint density at radius 2 is 2.23 bits per heavy atom. The lowest BCUT2D eigenvalue weighted by Crippen LogP contribution is -2.32. The van der Waals surface area contributed by atoms with Gasteiger partial charge in [0.15, 0.2) is 0 Å². The number of hydrogen-bond acceptors (Lipinski definition) is 3. The molecule has 0 spiro atoms. The van der Waals surface area contributed by atoms with Crippen LogP contribution in [0.5, 0.6) is 0 Å². The van der Waals surface area contributed by atoms with Crippen LogP contribution < -0.4 is 11.1 Å². The molecule has 0 saturated heterocycles. The minimum atomic E-state index is -0.484. The zero-order valence-electron chi connectivity index (χ0n) is 8.42. The first-order chi connectivity index (χ1) is 6.10. The molecular weight excluding hydrogens is 168 g/mol. The van der Waals surface area contributed by atoms with Crippen molar-refractivity contribution in [3.8, 4) is 0 Å². The first-order valence-electron chi connectivity index (χ1n) is 4.75. The number of carbonyl (C=O) groups is 1. The van der Waals surface area contributed by atoms with Gasteiger partial charge in [0, 0.05) is 13.0 Å². The predicted octanol–water partition coefficient (Wildman–Crippen LogP) is -0.142. The van der Waals surface area contributed by atoms with Gasteiger partial charge in [-0.1, -0.05) is 13.3 Å². The molecule has 0 rings (SSSR count). The van der Waals surface area contributed by atoms with Crippen LogP contribution in [0, 0.1) is 5.92 Å². The average molecular weight is 188 g/mol. The molecule has 0 aromatic rings. The maximum Gasteiger partial charge on any atom is 0.220 e. The summed E-state index contributed by atoms with van der Waals surface area (Å²) in [7, 11) is 0. The SMILES string of the molecule is CCC(CN)CC(=O)NC[C@@H](C)O. The first-order valence-corrected chi connectivity index (χ1v) is 4.75. The van der Waals surface area contributed by atoms with Crippen molar-refractivity contribution >= 4 is 5.91 Å². The minimum absolute atomic E-state index is 0.0294. The molecule has 1 amide bonds. The summed E-state index contributed by atoms with van der Waals surface area (Å²) >= 11 is 0. The van der Waals surface area contributed by atoms with Crippen LogP contribution in [-0.2, 0) is 4.79 Å². The third kappa shape index (κ3) is 6.54. The van der Waals surface area contributed by atoms with Crippen molar-refractivity contribution in [1.82, 2.24) is 5.32 Å². The third-order valence-electron chi connectivity index (χ3n) is 1.98. The zero-order valence-corrected chi connectivity index (χ0v) is 8.42. The standard InChI is InChI=1S/C9H20N2O2/c1-3-8(5-10)4-9(13)11-6-7(2)12/h7-8,12H,3-6,10H2,1-2H3,(H,11,13)/t7-,8?/m1/s1. The highest BCUT2D eigenvalue weighted by molar-refractivity contribution is 5.76. The van der Waals surface area contributed by atoms with Crippen LogP contribution >= 0.6 is 0 Å². The predicted molar refractivity (Wildman–Crippen MR) is 52.1 cm³/mol. The molecule has 13 heavy (non-hydrogen) atoms. The number of nitrogens with two attached hydrogens (primary N) is 1. The number of rotatable bonds is 6. The fourth-order valence-electron chi connectivity index (χ4n) is 0.990. The summed E-state index contributed by atoms with van der Waals surface area (Å²) < 4.78 is 0. The van der Waals surface area contributed by atoms with E-state index >= 15 is 0 Å². The maximum atomic E-state index is 11.2. The molecule has 0 aliphatic rings. The summed E-state index contributed by atoms with van der Waals surface area (Å²) in [5, 5.41) is 11.5. The van der Waals surface area contributed by atoms with Crippen molar-refractivity contribution in [2.45, 2.75) is 32.8 Å². The van der Waals surface area contributed by atoms with Gasteiger partial charge in [0.2, 0.25) is 5.91 Å². The molecule has 0 radical (unpaired) electrons. The van der Waals surface area contributed by atoms with Gasteiger partial charge in [0.25, 0.3) is 0 Å². The lowest BCUT2D eigenvalue weighted by Gasteiger charge is -2.12. The molecule has 0 saturated carbocycles. The summed E-state index contributed by atoms with van der Waals surface area (Å²) in [5.74, 6) is 0.229. The second-order valence-corrected chi connectivity index (χ2v) is 3.37. The number of hydrogen-bond donors (Lipinski definition) is 3. The van der Waals surface area contributed by atoms with Gasteiger partial charge in [-0.2, -0.15) is 0 Å². The van der Waals surface area contributed by atoms with Gasteiger partial charge in [-0.25, -0.2) is 0 Å². The van der Waals surface area contributed by atoms with Crippen molar-refractivity contribution in [1.29, 1.82) is 0 Å². The molecule has 78 valence electrons. The number of amides is 1. The van der Waals surface area contributed by atoms with E-state index in [0.717, 1.165) is 6.42 Å². The van der Waals surface area contributed by atoms with Gasteiger partial charge < -0.3 is 16.2 Å². The first kappa shape index (κ1) is 12.4. The Morgan fingerprint density at radius 3 is 2.62 bits per heavy atom. The lowest BCUT2D eigenvalue weighted by atomic mass is 10.0. The lowest BCUT2D eigenvalue weighted by molar-refractivity contribution is -0.122. The van der Waals surface area contributed by atoms with E-state index in [0.29, 0.717) is 19.5 Å². The summed E-state index contributed by atoms with van der Waals surface area (Å²) in [5.41, 5.74) is 5.46. The number of carbonyl (C=O) groups excluding carboxylic acids is 1. The molecule has 4 heteroatoms. The van der Waals surface area contributed by atoms with Gasteiger partial charge in [-0.15, -0.1) is 0 Å². The summed E-state index contributed by atoms with van der Waals surface area (Å²) in [6, 6.07) is 0. The Bertz CT molecular complexity index is 145. The van der Waals surface area contributed by atoms with E-state index in [1.165, 1.54) is 0 Å². The second-order valence-electron chi connectivity index (χ2n) is 3.37. The molecule has 0 fully saturated rings. The Labute approximate surface area is 79.5 Å². The van der Waals surface area contributed by atoms with Crippen LogP contribution in [0.1, 0.15) is 26.7 Å². The van der Waals surface area contributed by atoms with Crippen molar-refractivity contribution in [3.63, 3.8) is 0 Å². The van der Waals surface area contributed by atoms with Gasteiger partial charge >= 0.3 is 0 Å². The highest BCUT2D eigenvalue weighted by Gasteiger charge is 2.10. The van der Waals surface area contributed by atoms with Crippen LogP contribution in [-0.4, -0.2) is 30.2 Å². The molecule has 0 aliphatic heterocycles. The van der Waals surface area contributed by atoms with Crippen molar-refractivity contribution in [2.24, 2.45) is 11.7 Å². The molecular formula is C9H20N2O2. The van der Waals surface area contributed by atoms with Crippen LogP contribution in [0.25, 0.3) is 0 Å². The second kappa shape index (κ2) is 6.86. The van der Waals surface area contributed by atoms with Gasteiger partial charge in [-0.05, 0) is 19.4 Å². The van der Waals surface area contributed by atoms with E-state index in [4.69, 9.17) is 10.8 Å². The van der Waals surface area contributed by atoms with E-state index in [1.807, 2.05) is 6.92 Å². The number of aliphatic hydroxyl groups is 1. The molecule has 0 heterocycles. The average Bonchev–Trinajstić information content (AvgIpc) is 2.10. The molecule has 0 aliphatic carbocycles. The Balaban J connectivity index is 3.60. The Hall–Kier alpha value is -0.610. The molecule has 4 N–H and O–H groups in total. The summed E-state index contributed by atoms with van der Waals surface area (Å²) in [6.45, 7) is 4.51. The Morgan fingerprint density at radius 1 is 1.62 bits per heavy atom. The number of aliphatic hydroxyl groups excluding tert-OH is 1. The highest BCUT2D eigenvalue weighted by atomic mass is 16.3. The molecule has 0 aromatic heterocycles. The number of nitrogens with one attached hydrogen (secondary N) is 1. The highest BCUT2D eigenvalue weighted by Crippen LogP contribution is 2.04. The van der Waals surface area contributed by atoms with Crippen LogP contribution in [0.2, 0.25) is 0 Å². The largest absolute Gasteiger partial charge is 0.392 e. The maximum absolute atomic E-state index is 11.2. The molecule has 1 unspecified atom stereocenters.